The summed E-state index contributed by atoms with van der Waals surface area (Å²) in [6, 6.07) is 0. The van der Waals surface area contributed by atoms with Crippen molar-refractivity contribution in [2.24, 2.45) is 5.92 Å². The van der Waals surface area contributed by atoms with Crippen molar-refractivity contribution in [3.63, 3.8) is 0 Å². The molecule has 2 heterocycles. The zero-order valence-electron chi connectivity index (χ0n) is 12.8. The molecule has 1 aromatic heterocycles. The first kappa shape index (κ1) is 14.8. The number of aromatic nitrogens is 3. The van der Waals surface area contributed by atoms with Crippen LogP contribution in [0, 0.1) is 5.92 Å². The minimum absolute atomic E-state index is 0.313. The first-order valence-electron chi connectivity index (χ1n) is 8.17. The zero-order valence-corrected chi connectivity index (χ0v) is 13.5. The quantitative estimate of drug-likeness (QED) is 0.836. The van der Waals surface area contributed by atoms with Crippen LogP contribution in [-0.2, 0) is 0 Å². The summed E-state index contributed by atoms with van der Waals surface area (Å²) in [7, 11) is 0. The van der Waals surface area contributed by atoms with Gasteiger partial charge in [-0.2, -0.15) is 15.0 Å². The first-order chi connectivity index (χ1) is 10.3. The predicted octanol–water partition coefficient (Wildman–Crippen LogP) is 3.14. The number of piperidine rings is 1. The minimum Gasteiger partial charge on any atom is -0.341 e. The molecule has 3 rings (SSSR count). The average Bonchev–Trinajstić information content (AvgIpc) is 2.46. The molecule has 116 valence electrons. The number of hydrogen-bond acceptors (Lipinski definition) is 5. The lowest BCUT2D eigenvalue weighted by Crippen LogP contribution is -2.35. The van der Waals surface area contributed by atoms with Crippen molar-refractivity contribution in [3.05, 3.63) is 5.28 Å². The molecule has 6 heteroatoms. The number of hydrogen-bond donors (Lipinski definition) is 0. The van der Waals surface area contributed by atoms with Crippen LogP contribution in [0.5, 0.6) is 0 Å². The average molecular weight is 310 g/mol. The van der Waals surface area contributed by atoms with Crippen LogP contribution in [0.15, 0.2) is 0 Å². The molecule has 2 aliphatic rings. The number of halogens is 1. The van der Waals surface area contributed by atoms with E-state index >= 15 is 0 Å². The fraction of sp³-hybridized carbons (Fsp3) is 0.800. The Balaban J connectivity index is 1.77. The molecule has 1 aromatic rings. The van der Waals surface area contributed by atoms with Gasteiger partial charge < -0.3 is 9.80 Å². The van der Waals surface area contributed by atoms with E-state index < -0.39 is 0 Å². The Morgan fingerprint density at radius 3 is 2.48 bits per heavy atom. The Labute approximate surface area is 131 Å². The predicted molar refractivity (Wildman–Crippen MR) is 86.1 cm³/mol. The van der Waals surface area contributed by atoms with Crippen molar-refractivity contribution in [3.8, 4) is 0 Å². The van der Waals surface area contributed by atoms with Gasteiger partial charge in [0, 0.05) is 26.2 Å². The lowest BCUT2D eigenvalue weighted by molar-refractivity contribution is 0.317. The van der Waals surface area contributed by atoms with Gasteiger partial charge in [0.25, 0.3) is 0 Å². The zero-order chi connectivity index (χ0) is 14.7. The second-order valence-corrected chi connectivity index (χ2v) is 6.43. The standard InChI is InChI=1S/C15H24ClN5/c1-2-20(11-12-7-6-8-12)14-17-13(16)18-15(19-14)21-9-4-3-5-10-21/h12H,2-11H2,1H3. The molecule has 5 nitrogen and oxygen atoms in total. The lowest BCUT2D eigenvalue weighted by atomic mass is 9.85. The molecule has 0 radical (unpaired) electrons. The van der Waals surface area contributed by atoms with Gasteiger partial charge in [0.05, 0.1) is 0 Å². The molecule has 0 amide bonds. The number of nitrogens with zero attached hydrogens (tertiary/aromatic N) is 5. The topological polar surface area (TPSA) is 45.2 Å². The highest BCUT2D eigenvalue weighted by atomic mass is 35.5. The van der Waals surface area contributed by atoms with E-state index in [0.717, 1.165) is 44.0 Å². The van der Waals surface area contributed by atoms with Gasteiger partial charge in [0.15, 0.2) is 0 Å². The first-order valence-corrected chi connectivity index (χ1v) is 8.55. The summed E-state index contributed by atoms with van der Waals surface area (Å²) in [6.07, 6.45) is 7.73. The molecule has 1 saturated carbocycles. The van der Waals surface area contributed by atoms with Crippen LogP contribution in [0.2, 0.25) is 5.28 Å². The van der Waals surface area contributed by atoms with Crippen molar-refractivity contribution in [2.45, 2.75) is 45.4 Å². The summed E-state index contributed by atoms with van der Waals surface area (Å²) in [4.78, 5) is 17.8. The van der Waals surface area contributed by atoms with Crippen LogP contribution in [0.4, 0.5) is 11.9 Å². The molecule has 1 aliphatic carbocycles. The van der Waals surface area contributed by atoms with E-state index in [9.17, 15) is 0 Å². The van der Waals surface area contributed by atoms with Crippen molar-refractivity contribution < 1.29 is 0 Å². The van der Waals surface area contributed by atoms with E-state index in [1.54, 1.807) is 0 Å². The van der Waals surface area contributed by atoms with Gasteiger partial charge >= 0.3 is 0 Å². The maximum atomic E-state index is 6.14. The second-order valence-electron chi connectivity index (χ2n) is 6.09. The molecule has 2 fully saturated rings. The van der Waals surface area contributed by atoms with Crippen LogP contribution in [0.1, 0.15) is 45.4 Å². The van der Waals surface area contributed by atoms with Crippen molar-refractivity contribution in [2.75, 3.05) is 36.0 Å². The molecule has 0 bridgehead atoms. The summed E-state index contributed by atoms with van der Waals surface area (Å²) >= 11 is 6.14. The highest BCUT2D eigenvalue weighted by Crippen LogP contribution is 2.28. The molecule has 0 unspecified atom stereocenters. The van der Waals surface area contributed by atoms with Gasteiger partial charge in [0.1, 0.15) is 0 Å². The van der Waals surface area contributed by atoms with Gasteiger partial charge in [-0.05, 0) is 56.5 Å². The van der Waals surface area contributed by atoms with Crippen LogP contribution in [-0.4, -0.2) is 41.1 Å². The van der Waals surface area contributed by atoms with Gasteiger partial charge in [-0.1, -0.05) is 6.42 Å². The highest BCUT2D eigenvalue weighted by molar-refractivity contribution is 6.28. The normalized spacial score (nSPS) is 19.4. The summed E-state index contributed by atoms with van der Waals surface area (Å²) in [5.41, 5.74) is 0. The van der Waals surface area contributed by atoms with E-state index in [4.69, 9.17) is 11.6 Å². The second kappa shape index (κ2) is 6.77. The third-order valence-corrected chi connectivity index (χ3v) is 4.76. The van der Waals surface area contributed by atoms with E-state index in [0.29, 0.717) is 5.28 Å². The van der Waals surface area contributed by atoms with Crippen LogP contribution >= 0.6 is 11.6 Å². The van der Waals surface area contributed by atoms with E-state index in [-0.39, 0.29) is 0 Å². The van der Waals surface area contributed by atoms with Gasteiger partial charge in [0.2, 0.25) is 17.2 Å². The lowest BCUT2D eigenvalue weighted by Gasteiger charge is -2.32. The number of anilines is 2. The summed E-state index contributed by atoms with van der Waals surface area (Å²) in [5.74, 6) is 2.28. The molecule has 1 saturated heterocycles. The molecule has 0 spiro atoms. The fourth-order valence-electron chi connectivity index (χ4n) is 3.05. The van der Waals surface area contributed by atoms with E-state index in [1.807, 2.05) is 0 Å². The van der Waals surface area contributed by atoms with Crippen LogP contribution in [0.25, 0.3) is 0 Å². The number of rotatable bonds is 5. The van der Waals surface area contributed by atoms with Gasteiger partial charge in [-0.3, -0.25) is 0 Å². The molecule has 0 N–H and O–H groups in total. The summed E-state index contributed by atoms with van der Waals surface area (Å²) < 4.78 is 0. The Hall–Kier alpha value is -1.10. The van der Waals surface area contributed by atoms with E-state index in [1.165, 1.54) is 38.5 Å². The van der Waals surface area contributed by atoms with E-state index in [2.05, 4.69) is 31.7 Å². The Morgan fingerprint density at radius 1 is 1.10 bits per heavy atom. The molecule has 0 atom stereocenters. The summed E-state index contributed by atoms with van der Waals surface area (Å²) in [5, 5.41) is 0.313. The van der Waals surface area contributed by atoms with Crippen LogP contribution < -0.4 is 9.80 Å². The molecule has 21 heavy (non-hydrogen) atoms. The van der Waals surface area contributed by atoms with Gasteiger partial charge in [-0.15, -0.1) is 0 Å². The van der Waals surface area contributed by atoms with Crippen molar-refractivity contribution >= 4 is 23.5 Å². The molecular formula is C15H24ClN5. The fourth-order valence-corrected chi connectivity index (χ4v) is 3.20. The van der Waals surface area contributed by atoms with Crippen molar-refractivity contribution in [1.29, 1.82) is 0 Å². The Bertz CT molecular complexity index is 471. The largest absolute Gasteiger partial charge is 0.341 e. The minimum atomic E-state index is 0.313. The SMILES string of the molecule is CCN(CC1CCC1)c1nc(Cl)nc(N2CCCCC2)n1. The Morgan fingerprint density at radius 2 is 1.86 bits per heavy atom. The maximum absolute atomic E-state index is 6.14. The monoisotopic (exact) mass is 309 g/mol. The maximum Gasteiger partial charge on any atom is 0.231 e. The van der Waals surface area contributed by atoms with Crippen LogP contribution in [0.3, 0.4) is 0 Å². The van der Waals surface area contributed by atoms with Crippen molar-refractivity contribution in [1.82, 2.24) is 15.0 Å². The van der Waals surface area contributed by atoms with Gasteiger partial charge in [-0.25, -0.2) is 0 Å². The molecule has 0 aromatic carbocycles. The third-order valence-electron chi connectivity index (χ3n) is 4.59. The molecule has 1 aliphatic heterocycles. The molecular weight excluding hydrogens is 286 g/mol. The summed E-state index contributed by atoms with van der Waals surface area (Å²) in [6.45, 7) is 6.15. The smallest absolute Gasteiger partial charge is 0.231 e. The Kier molecular flexibility index (Phi) is 4.78. The highest BCUT2D eigenvalue weighted by Gasteiger charge is 2.23. The third kappa shape index (κ3) is 3.57.